The van der Waals surface area contributed by atoms with Crippen LogP contribution >= 0.6 is 0 Å². The SMILES string of the molecule is COc1cc(C(=O)OCC(=O)N2CCN(c3ccccc3F)CC2)cc(OC)c1OC. The Hall–Kier alpha value is -3.49. The average Bonchev–Trinajstić information content (AvgIpc) is 2.81. The predicted molar refractivity (Wildman–Crippen MR) is 112 cm³/mol. The van der Waals surface area contributed by atoms with E-state index in [4.69, 9.17) is 18.9 Å². The number of carbonyl (C=O) groups excluding carboxylic acids is 2. The van der Waals surface area contributed by atoms with Crippen molar-refractivity contribution >= 4 is 17.6 Å². The Morgan fingerprint density at radius 1 is 0.935 bits per heavy atom. The first kappa shape index (κ1) is 22.2. The molecule has 1 fully saturated rings. The van der Waals surface area contributed by atoms with E-state index in [0.29, 0.717) is 49.1 Å². The van der Waals surface area contributed by atoms with Crippen LogP contribution in [-0.2, 0) is 9.53 Å². The first-order valence-electron chi connectivity index (χ1n) is 9.72. The lowest BCUT2D eigenvalue weighted by Crippen LogP contribution is -2.50. The van der Waals surface area contributed by atoms with Crippen LogP contribution in [0.15, 0.2) is 36.4 Å². The lowest BCUT2D eigenvalue weighted by Gasteiger charge is -2.36. The van der Waals surface area contributed by atoms with Gasteiger partial charge in [0.05, 0.1) is 32.6 Å². The topological polar surface area (TPSA) is 77.5 Å². The van der Waals surface area contributed by atoms with Crippen LogP contribution in [0.2, 0.25) is 0 Å². The van der Waals surface area contributed by atoms with Crippen LogP contribution in [0.1, 0.15) is 10.4 Å². The van der Waals surface area contributed by atoms with Gasteiger partial charge in [0, 0.05) is 26.2 Å². The number of para-hydroxylation sites is 1. The van der Waals surface area contributed by atoms with Gasteiger partial charge in [-0.25, -0.2) is 9.18 Å². The highest BCUT2D eigenvalue weighted by Crippen LogP contribution is 2.38. The zero-order chi connectivity index (χ0) is 22.4. The average molecular weight is 432 g/mol. The second kappa shape index (κ2) is 10.0. The Morgan fingerprint density at radius 3 is 2.10 bits per heavy atom. The summed E-state index contributed by atoms with van der Waals surface area (Å²) < 4.78 is 34.8. The number of rotatable bonds is 7. The lowest BCUT2D eigenvalue weighted by molar-refractivity contribution is -0.134. The zero-order valence-corrected chi connectivity index (χ0v) is 17.7. The summed E-state index contributed by atoms with van der Waals surface area (Å²) in [4.78, 5) is 28.4. The van der Waals surface area contributed by atoms with Gasteiger partial charge in [-0.3, -0.25) is 4.79 Å². The van der Waals surface area contributed by atoms with Gasteiger partial charge in [-0.15, -0.1) is 0 Å². The monoisotopic (exact) mass is 432 g/mol. The van der Waals surface area contributed by atoms with Gasteiger partial charge >= 0.3 is 5.97 Å². The standard InChI is InChI=1S/C22H25FN2O6/c1-28-18-12-15(13-19(29-2)21(18)30-3)22(27)31-14-20(26)25-10-8-24(9-11-25)17-7-5-4-6-16(17)23/h4-7,12-13H,8-11,14H2,1-3H3. The highest BCUT2D eigenvalue weighted by molar-refractivity contribution is 5.92. The van der Waals surface area contributed by atoms with Crippen molar-refractivity contribution in [3.8, 4) is 17.2 Å². The Bertz CT molecular complexity index is 918. The van der Waals surface area contributed by atoms with Gasteiger partial charge in [-0.05, 0) is 24.3 Å². The summed E-state index contributed by atoms with van der Waals surface area (Å²) in [5.74, 6) is -0.313. The number of carbonyl (C=O) groups is 2. The number of amides is 1. The van der Waals surface area contributed by atoms with Crippen LogP contribution in [0, 0.1) is 5.82 Å². The molecule has 3 rings (SSSR count). The normalized spacial score (nSPS) is 13.5. The molecule has 1 aliphatic rings. The van der Waals surface area contributed by atoms with Crippen LogP contribution in [0.25, 0.3) is 0 Å². The third-order valence-corrected chi connectivity index (χ3v) is 5.05. The van der Waals surface area contributed by atoms with E-state index in [-0.39, 0.29) is 17.3 Å². The number of hydrogen-bond donors (Lipinski definition) is 0. The maximum atomic E-state index is 14.0. The van der Waals surface area contributed by atoms with E-state index in [9.17, 15) is 14.0 Å². The molecule has 1 heterocycles. The van der Waals surface area contributed by atoms with Crippen molar-refractivity contribution in [1.82, 2.24) is 4.90 Å². The minimum absolute atomic E-state index is 0.173. The van der Waals surface area contributed by atoms with Gasteiger partial charge in [-0.2, -0.15) is 0 Å². The molecular formula is C22H25FN2O6. The van der Waals surface area contributed by atoms with Crippen molar-refractivity contribution in [2.45, 2.75) is 0 Å². The number of benzene rings is 2. The van der Waals surface area contributed by atoms with E-state index in [0.717, 1.165) is 0 Å². The van der Waals surface area contributed by atoms with Gasteiger partial charge in [0.25, 0.3) is 5.91 Å². The van der Waals surface area contributed by atoms with Gasteiger partial charge in [0.1, 0.15) is 5.82 Å². The maximum Gasteiger partial charge on any atom is 0.338 e. The van der Waals surface area contributed by atoms with Crippen molar-refractivity contribution in [2.24, 2.45) is 0 Å². The Labute approximate surface area is 180 Å². The molecule has 0 unspecified atom stereocenters. The fourth-order valence-corrected chi connectivity index (χ4v) is 3.41. The van der Waals surface area contributed by atoms with E-state index in [1.165, 1.54) is 39.5 Å². The number of esters is 1. The van der Waals surface area contributed by atoms with Crippen LogP contribution in [0.5, 0.6) is 17.2 Å². The molecule has 166 valence electrons. The molecular weight excluding hydrogens is 407 g/mol. The molecule has 8 nitrogen and oxygen atoms in total. The second-order valence-corrected chi connectivity index (χ2v) is 6.81. The van der Waals surface area contributed by atoms with Gasteiger partial charge in [0.2, 0.25) is 5.75 Å². The second-order valence-electron chi connectivity index (χ2n) is 6.81. The summed E-state index contributed by atoms with van der Waals surface area (Å²) in [5, 5.41) is 0. The summed E-state index contributed by atoms with van der Waals surface area (Å²) in [6.07, 6.45) is 0. The first-order valence-corrected chi connectivity index (χ1v) is 9.72. The fourth-order valence-electron chi connectivity index (χ4n) is 3.41. The summed E-state index contributed by atoms with van der Waals surface area (Å²) in [6.45, 7) is 1.42. The van der Waals surface area contributed by atoms with Crippen LogP contribution in [0.3, 0.4) is 0 Å². The Morgan fingerprint density at radius 2 is 1.55 bits per heavy atom. The van der Waals surface area contributed by atoms with E-state index in [2.05, 4.69) is 0 Å². The molecule has 0 bridgehead atoms. The minimum Gasteiger partial charge on any atom is -0.493 e. The van der Waals surface area contributed by atoms with Gasteiger partial charge < -0.3 is 28.7 Å². The number of nitrogens with zero attached hydrogens (tertiary/aromatic N) is 2. The van der Waals surface area contributed by atoms with E-state index in [1.807, 2.05) is 4.90 Å². The van der Waals surface area contributed by atoms with Crippen LogP contribution < -0.4 is 19.1 Å². The first-order chi connectivity index (χ1) is 15.0. The number of piperazine rings is 1. The van der Waals surface area contributed by atoms with E-state index < -0.39 is 12.6 Å². The molecule has 0 spiro atoms. The fraction of sp³-hybridized carbons (Fsp3) is 0.364. The van der Waals surface area contributed by atoms with Gasteiger partial charge in [0.15, 0.2) is 18.1 Å². The molecule has 0 aromatic heterocycles. The largest absolute Gasteiger partial charge is 0.493 e. The molecule has 0 atom stereocenters. The third kappa shape index (κ3) is 4.99. The van der Waals surface area contributed by atoms with E-state index in [1.54, 1.807) is 23.1 Å². The number of anilines is 1. The summed E-state index contributed by atoms with van der Waals surface area (Å²) in [5.41, 5.74) is 0.690. The molecule has 0 N–H and O–H groups in total. The molecule has 9 heteroatoms. The molecule has 2 aromatic rings. The molecule has 1 aliphatic heterocycles. The number of hydrogen-bond acceptors (Lipinski definition) is 7. The number of ether oxygens (including phenoxy) is 4. The highest BCUT2D eigenvalue weighted by Gasteiger charge is 2.24. The molecule has 0 radical (unpaired) electrons. The summed E-state index contributed by atoms with van der Waals surface area (Å²) in [6, 6.07) is 9.46. The van der Waals surface area contributed by atoms with Crippen molar-refractivity contribution in [1.29, 1.82) is 0 Å². The van der Waals surface area contributed by atoms with Crippen LogP contribution in [-0.4, -0.2) is 70.9 Å². The highest BCUT2D eigenvalue weighted by atomic mass is 19.1. The number of methoxy groups -OCH3 is 3. The molecule has 1 amide bonds. The molecule has 1 saturated heterocycles. The van der Waals surface area contributed by atoms with Crippen molar-refractivity contribution in [2.75, 3.05) is 59.0 Å². The van der Waals surface area contributed by atoms with Crippen LogP contribution in [0.4, 0.5) is 10.1 Å². The zero-order valence-electron chi connectivity index (χ0n) is 17.7. The minimum atomic E-state index is -0.683. The third-order valence-electron chi connectivity index (χ3n) is 5.05. The molecule has 0 aliphatic carbocycles. The van der Waals surface area contributed by atoms with Crippen molar-refractivity contribution in [3.05, 3.63) is 47.8 Å². The predicted octanol–water partition coefficient (Wildman–Crippen LogP) is 2.36. The Balaban J connectivity index is 1.56. The van der Waals surface area contributed by atoms with E-state index >= 15 is 0 Å². The quantitative estimate of drug-likeness (QED) is 0.622. The molecule has 0 saturated carbocycles. The van der Waals surface area contributed by atoms with Crippen molar-refractivity contribution < 1.29 is 32.9 Å². The maximum absolute atomic E-state index is 14.0. The Kier molecular flexibility index (Phi) is 7.17. The molecule has 2 aromatic carbocycles. The summed E-state index contributed by atoms with van der Waals surface area (Å²) >= 11 is 0. The number of halogens is 1. The molecule has 31 heavy (non-hydrogen) atoms. The lowest BCUT2D eigenvalue weighted by atomic mass is 10.2. The summed E-state index contributed by atoms with van der Waals surface area (Å²) in [7, 11) is 4.34. The smallest absolute Gasteiger partial charge is 0.338 e. The van der Waals surface area contributed by atoms with Gasteiger partial charge in [-0.1, -0.05) is 12.1 Å². The van der Waals surface area contributed by atoms with Crippen molar-refractivity contribution in [3.63, 3.8) is 0 Å².